The van der Waals surface area contributed by atoms with Crippen molar-refractivity contribution in [1.29, 1.82) is 0 Å². The number of hydrogen-bond donors (Lipinski definition) is 2. The van der Waals surface area contributed by atoms with E-state index >= 15 is 0 Å². The third-order valence-corrected chi connectivity index (χ3v) is 3.21. The van der Waals surface area contributed by atoms with Crippen LogP contribution in [0.3, 0.4) is 0 Å². The van der Waals surface area contributed by atoms with Crippen LogP contribution in [0.15, 0.2) is 28.7 Å². The van der Waals surface area contributed by atoms with Crippen LogP contribution in [0.1, 0.15) is 0 Å². The number of carbonyl (C=O) groups excluding carboxylic acids is 2. The van der Waals surface area contributed by atoms with E-state index in [1.807, 2.05) is 24.3 Å². The molecule has 0 aromatic heterocycles. The van der Waals surface area contributed by atoms with Crippen molar-refractivity contribution in [3.8, 4) is 0 Å². The van der Waals surface area contributed by atoms with Crippen LogP contribution in [0.4, 0.5) is 5.69 Å². The summed E-state index contributed by atoms with van der Waals surface area (Å²) in [6, 6.07) is 7.59. The molecular weight excluding hydrogens is 298 g/mol. The van der Waals surface area contributed by atoms with Gasteiger partial charge in [-0.1, -0.05) is 15.9 Å². The first-order valence-corrected chi connectivity index (χ1v) is 6.48. The average molecular weight is 312 g/mol. The minimum absolute atomic E-state index is 0.0623. The molecule has 2 amide bonds. The van der Waals surface area contributed by atoms with Crippen LogP contribution in [0, 0.1) is 0 Å². The first-order valence-electron chi connectivity index (χ1n) is 5.69. The van der Waals surface area contributed by atoms with Gasteiger partial charge in [0, 0.05) is 23.2 Å². The second-order valence-corrected chi connectivity index (χ2v) is 4.94. The van der Waals surface area contributed by atoms with E-state index in [1.165, 1.54) is 0 Å². The summed E-state index contributed by atoms with van der Waals surface area (Å²) in [5, 5.41) is 5.73. The molecule has 1 aromatic carbocycles. The van der Waals surface area contributed by atoms with E-state index in [9.17, 15) is 9.59 Å². The van der Waals surface area contributed by atoms with Crippen LogP contribution in [-0.2, 0) is 9.59 Å². The highest BCUT2D eigenvalue weighted by Gasteiger charge is 2.20. The molecule has 0 radical (unpaired) electrons. The van der Waals surface area contributed by atoms with Gasteiger partial charge in [-0.05, 0) is 24.3 Å². The first-order chi connectivity index (χ1) is 8.65. The Morgan fingerprint density at radius 2 is 2.11 bits per heavy atom. The number of halogens is 1. The number of hydrogen-bond acceptors (Lipinski definition) is 3. The molecule has 1 saturated heterocycles. The van der Waals surface area contributed by atoms with Gasteiger partial charge in [-0.15, -0.1) is 0 Å². The lowest BCUT2D eigenvalue weighted by molar-refractivity contribution is -0.136. The summed E-state index contributed by atoms with van der Waals surface area (Å²) >= 11 is 3.35. The van der Waals surface area contributed by atoms with Crippen LogP contribution in [0.25, 0.3) is 0 Å². The largest absolute Gasteiger partial charge is 0.376 e. The summed E-state index contributed by atoms with van der Waals surface area (Å²) in [7, 11) is 0. The standard InChI is InChI=1S/C12H14BrN3O2/c13-9-1-3-10(4-2-9)15-7-12(18)16-6-5-14-11(17)8-16/h1-4,15H,5-8H2,(H,14,17). The number of nitrogens with zero attached hydrogens (tertiary/aromatic N) is 1. The van der Waals surface area contributed by atoms with Crippen molar-refractivity contribution in [2.75, 3.05) is 31.5 Å². The predicted molar refractivity (Wildman–Crippen MR) is 72.2 cm³/mol. The number of rotatable bonds is 3. The summed E-state index contributed by atoms with van der Waals surface area (Å²) < 4.78 is 0.993. The van der Waals surface area contributed by atoms with Crippen LogP contribution in [0.2, 0.25) is 0 Å². The Morgan fingerprint density at radius 3 is 2.78 bits per heavy atom. The Hall–Kier alpha value is -1.56. The maximum Gasteiger partial charge on any atom is 0.242 e. The zero-order valence-electron chi connectivity index (χ0n) is 9.78. The Kier molecular flexibility index (Phi) is 4.19. The van der Waals surface area contributed by atoms with Crippen LogP contribution in [0.5, 0.6) is 0 Å². The van der Waals surface area contributed by atoms with E-state index in [0.717, 1.165) is 10.2 Å². The number of benzene rings is 1. The summed E-state index contributed by atoms with van der Waals surface area (Å²) in [6.07, 6.45) is 0. The van der Waals surface area contributed by atoms with E-state index < -0.39 is 0 Å². The van der Waals surface area contributed by atoms with E-state index in [0.29, 0.717) is 13.1 Å². The van der Waals surface area contributed by atoms with Gasteiger partial charge in [0.05, 0.1) is 13.1 Å². The quantitative estimate of drug-likeness (QED) is 0.869. The average Bonchev–Trinajstić information content (AvgIpc) is 2.38. The van der Waals surface area contributed by atoms with E-state index in [1.54, 1.807) is 4.90 Å². The molecule has 2 rings (SSSR count). The number of anilines is 1. The molecule has 18 heavy (non-hydrogen) atoms. The fourth-order valence-electron chi connectivity index (χ4n) is 1.71. The maximum atomic E-state index is 11.9. The molecule has 0 aliphatic carbocycles. The molecule has 96 valence electrons. The summed E-state index contributed by atoms with van der Waals surface area (Å²) in [5.41, 5.74) is 0.882. The van der Waals surface area contributed by atoms with Gasteiger partial charge in [0.15, 0.2) is 0 Å². The van der Waals surface area contributed by atoms with Crippen LogP contribution < -0.4 is 10.6 Å². The summed E-state index contributed by atoms with van der Waals surface area (Å²) in [4.78, 5) is 24.6. The van der Waals surface area contributed by atoms with Crippen LogP contribution in [-0.4, -0.2) is 42.9 Å². The van der Waals surface area contributed by atoms with Crippen molar-refractivity contribution in [2.24, 2.45) is 0 Å². The predicted octanol–water partition coefficient (Wildman–Crippen LogP) is 0.819. The normalized spacial score (nSPS) is 15.2. The molecule has 1 aromatic rings. The topological polar surface area (TPSA) is 61.4 Å². The molecule has 0 spiro atoms. The van der Waals surface area contributed by atoms with Gasteiger partial charge in [0.25, 0.3) is 0 Å². The van der Waals surface area contributed by atoms with Gasteiger partial charge in [-0.2, -0.15) is 0 Å². The zero-order chi connectivity index (χ0) is 13.0. The fourth-order valence-corrected chi connectivity index (χ4v) is 1.97. The van der Waals surface area contributed by atoms with Crippen molar-refractivity contribution in [3.05, 3.63) is 28.7 Å². The molecular formula is C12H14BrN3O2. The second-order valence-electron chi connectivity index (χ2n) is 4.03. The summed E-state index contributed by atoms with van der Waals surface area (Å²) in [5.74, 6) is -0.161. The van der Waals surface area contributed by atoms with Crippen molar-refractivity contribution in [2.45, 2.75) is 0 Å². The minimum Gasteiger partial charge on any atom is -0.376 e. The SMILES string of the molecule is O=C1CN(C(=O)CNc2ccc(Br)cc2)CCN1. The molecule has 5 nitrogen and oxygen atoms in total. The molecule has 1 aliphatic rings. The highest BCUT2D eigenvalue weighted by Crippen LogP contribution is 2.13. The van der Waals surface area contributed by atoms with Gasteiger partial charge in [-0.3, -0.25) is 9.59 Å². The summed E-state index contributed by atoms with van der Waals surface area (Å²) in [6.45, 7) is 1.46. The molecule has 1 heterocycles. The lowest BCUT2D eigenvalue weighted by atomic mass is 10.3. The highest BCUT2D eigenvalue weighted by molar-refractivity contribution is 9.10. The number of nitrogens with one attached hydrogen (secondary N) is 2. The highest BCUT2D eigenvalue weighted by atomic mass is 79.9. The van der Waals surface area contributed by atoms with Gasteiger partial charge in [0.1, 0.15) is 0 Å². The smallest absolute Gasteiger partial charge is 0.242 e. The Bertz CT molecular complexity index is 447. The minimum atomic E-state index is -0.0989. The molecule has 0 unspecified atom stereocenters. The third kappa shape index (κ3) is 3.46. The molecule has 0 bridgehead atoms. The van der Waals surface area contributed by atoms with E-state index in [2.05, 4.69) is 26.6 Å². The fraction of sp³-hybridized carbons (Fsp3) is 0.333. The zero-order valence-corrected chi connectivity index (χ0v) is 11.4. The Morgan fingerprint density at radius 1 is 1.39 bits per heavy atom. The van der Waals surface area contributed by atoms with Crippen molar-refractivity contribution >= 4 is 33.4 Å². The molecule has 6 heteroatoms. The Balaban J connectivity index is 1.84. The van der Waals surface area contributed by atoms with Crippen LogP contribution >= 0.6 is 15.9 Å². The molecule has 1 fully saturated rings. The molecule has 0 atom stereocenters. The lowest BCUT2D eigenvalue weighted by Gasteiger charge is -2.26. The van der Waals surface area contributed by atoms with Crippen molar-refractivity contribution in [3.63, 3.8) is 0 Å². The van der Waals surface area contributed by atoms with E-state index in [4.69, 9.17) is 0 Å². The first kappa shape index (κ1) is 12.9. The van der Waals surface area contributed by atoms with Gasteiger partial charge >= 0.3 is 0 Å². The molecule has 1 aliphatic heterocycles. The van der Waals surface area contributed by atoms with Gasteiger partial charge in [0.2, 0.25) is 11.8 Å². The molecule has 2 N–H and O–H groups in total. The number of amides is 2. The third-order valence-electron chi connectivity index (χ3n) is 2.68. The van der Waals surface area contributed by atoms with Crippen molar-refractivity contribution in [1.82, 2.24) is 10.2 Å². The Labute approximate surface area is 114 Å². The van der Waals surface area contributed by atoms with Gasteiger partial charge < -0.3 is 15.5 Å². The second kappa shape index (κ2) is 5.86. The maximum absolute atomic E-state index is 11.9. The number of piperazine rings is 1. The lowest BCUT2D eigenvalue weighted by Crippen LogP contribution is -2.51. The van der Waals surface area contributed by atoms with Crippen molar-refractivity contribution < 1.29 is 9.59 Å². The van der Waals surface area contributed by atoms with Gasteiger partial charge in [-0.25, -0.2) is 0 Å². The monoisotopic (exact) mass is 311 g/mol. The number of carbonyl (C=O) groups is 2. The van der Waals surface area contributed by atoms with E-state index in [-0.39, 0.29) is 24.9 Å². The molecule has 0 saturated carbocycles.